The van der Waals surface area contributed by atoms with E-state index in [1.807, 2.05) is 0 Å². The number of rotatable bonds is 3. The van der Waals surface area contributed by atoms with Crippen molar-refractivity contribution in [2.45, 2.75) is 4.90 Å². The fraction of sp³-hybridized carbons (Fsp3) is 0. The molecule has 0 aliphatic heterocycles. The summed E-state index contributed by atoms with van der Waals surface area (Å²) in [6.07, 6.45) is 1.46. The fourth-order valence-corrected chi connectivity index (χ4v) is 2.27. The molecule has 0 aliphatic rings. The molecule has 4 N–H and O–H groups in total. The third-order valence-electron chi connectivity index (χ3n) is 1.91. The van der Waals surface area contributed by atoms with Gasteiger partial charge in [-0.15, -0.1) is 0 Å². The Bertz CT molecular complexity index is 577. The van der Waals surface area contributed by atoms with Crippen molar-refractivity contribution in [1.82, 2.24) is 10.2 Å². The molecule has 0 unspecified atom stereocenters. The van der Waals surface area contributed by atoms with E-state index in [9.17, 15) is 8.42 Å². The number of nitrogen functional groups attached to an aromatic ring is 1. The Morgan fingerprint density at radius 3 is 2.75 bits per heavy atom. The number of hydrogen-bond acceptors (Lipinski definition) is 4. The molecule has 0 atom stereocenters. The topological polar surface area (TPSA) is 101 Å². The van der Waals surface area contributed by atoms with Gasteiger partial charge >= 0.3 is 0 Å². The summed E-state index contributed by atoms with van der Waals surface area (Å²) in [5.74, 6) is 0.308. The van der Waals surface area contributed by atoms with Gasteiger partial charge in [0.15, 0.2) is 0 Å². The van der Waals surface area contributed by atoms with Crippen LogP contribution in [0.1, 0.15) is 0 Å². The molecule has 0 aliphatic carbocycles. The number of nitrogens with two attached hydrogens (primary N) is 1. The highest BCUT2D eigenvalue weighted by atomic mass is 32.2. The van der Waals surface area contributed by atoms with Crippen LogP contribution in [0.4, 0.5) is 11.5 Å². The Labute approximate surface area is 92.5 Å². The fourth-order valence-electron chi connectivity index (χ4n) is 1.20. The van der Waals surface area contributed by atoms with Gasteiger partial charge in [0, 0.05) is 11.8 Å². The van der Waals surface area contributed by atoms with Gasteiger partial charge in [-0.3, -0.25) is 9.82 Å². The van der Waals surface area contributed by atoms with Gasteiger partial charge in [0.05, 0.1) is 11.1 Å². The van der Waals surface area contributed by atoms with Crippen LogP contribution in [-0.2, 0) is 10.0 Å². The van der Waals surface area contributed by atoms with Gasteiger partial charge < -0.3 is 5.73 Å². The highest BCUT2D eigenvalue weighted by Crippen LogP contribution is 2.15. The van der Waals surface area contributed by atoms with Crippen molar-refractivity contribution < 1.29 is 8.42 Å². The third-order valence-corrected chi connectivity index (χ3v) is 3.28. The molecule has 0 bridgehead atoms. The number of aromatic amines is 1. The Morgan fingerprint density at radius 2 is 2.12 bits per heavy atom. The minimum absolute atomic E-state index is 0.113. The lowest BCUT2D eigenvalue weighted by Crippen LogP contribution is -2.13. The molecule has 7 heteroatoms. The van der Waals surface area contributed by atoms with Gasteiger partial charge in [-0.2, -0.15) is 5.10 Å². The lowest BCUT2D eigenvalue weighted by atomic mass is 10.3. The van der Waals surface area contributed by atoms with Crippen LogP contribution in [0, 0.1) is 0 Å². The summed E-state index contributed by atoms with van der Waals surface area (Å²) < 4.78 is 26.0. The van der Waals surface area contributed by atoms with Gasteiger partial charge in [-0.05, 0) is 18.2 Å². The smallest absolute Gasteiger partial charge is 0.263 e. The first-order valence-electron chi connectivity index (χ1n) is 4.46. The molecule has 84 valence electrons. The van der Waals surface area contributed by atoms with Gasteiger partial charge in [-0.1, -0.05) is 6.07 Å². The number of nitrogens with zero attached hydrogens (tertiary/aromatic N) is 1. The summed E-state index contributed by atoms with van der Waals surface area (Å²) in [4.78, 5) is 0.113. The quantitative estimate of drug-likeness (QED) is 0.688. The van der Waals surface area contributed by atoms with Crippen LogP contribution in [-0.4, -0.2) is 18.6 Å². The van der Waals surface area contributed by atoms with Crippen molar-refractivity contribution >= 4 is 21.5 Å². The lowest BCUT2D eigenvalue weighted by Gasteiger charge is -2.05. The first kappa shape index (κ1) is 10.5. The van der Waals surface area contributed by atoms with Crippen LogP contribution < -0.4 is 10.5 Å². The van der Waals surface area contributed by atoms with Gasteiger partial charge in [0.2, 0.25) is 0 Å². The summed E-state index contributed by atoms with van der Waals surface area (Å²) in [6.45, 7) is 0. The average molecular weight is 238 g/mol. The molecule has 2 aromatic rings. The number of benzene rings is 1. The van der Waals surface area contributed by atoms with Gasteiger partial charge in [0.1, 0.15) is 5.82 Å². The lowest BCUT2D eigenvalue weighted by molar-refractivity contribution is 0.601. The number of sulfonamides is 1. The summed E-state index contributed by atoms with van der Waals surface area (Å²) in [5.41, 5.74) is 5.91. The second-order valence-corrected chi connectivity index (χ2v) is 4.83. The molecular weight excluding hydrogens is 228 g/mol. The number of nitrogens with one attached hydrogen (secondary N) is 2. The highest BCUT2D eigenvalue weighted by molar-refractivity contribution is 7.92. The molecule has 6 nitrogen and oxygen atoms in total. The van der Waals surface area contributed by atoms with Crippen molar-refractivity contribution in [3.63, 3.8) is 0 Å². The van der Waals surface area contributed by atoms with E-state index in [-0.39, 0.29) is 4.90 Å². The second kappa shape index (κ2) is 3.86. The van der Waals surface area contributed by atoms with Crippen LogP contribution in [0.2, 0.25) is 0 Å². The molecule has 0 fully saturated rings. The molecule has 0 amide bonds. The standard InChI is InChI=1S/C9H10N4O2S/c10-7-2-1-3-8(6-7)16(14,15)13-9-4-5-11-12-9/h1-6H,10H2,(H2,11,12,13). The largest absolute Gasteiger partial charge is 0.399 e. The Kier molecular flexibility index (Phi) is 2.53. The maximum atomic E-state index is 11.8. The summed E-state index contributed by atoms with van der Waals surface area (Å²) in [6, 6.07) is 7.57. The summed E-state index contributed by atoms with van der Waals surface area (Å²) in [5, 5.41) is 6.15. The van der Waals surface area contributed by atoms with Crippen LogP contribution >= 0.6 is 0 Å². The monoisotopic (exact) mass is 238 g/mol. The molecule has 0 saturated carbocycles. The van der Waals surface area contributed by atoms with Gasteiger partial charge in [-0.25, -0.2) is 8.42 Å². The molecule has 16 heavy (non-hydrogen) atoms. The summed E-state index contributed by atoms with van der Waals surface area (Å²) >= 11 is 0. The van der Waals surface area contributed by atoms with E-state index in [1.165, 1.54) is 24.4 Å². The van der Waals surface area contributed by atoms with E-state index in [4.69, 9.17) is 5.73 Å². The molecule has 0 saturated heterocycles. The SMILES string of the molecule is Nc1cccc(S(=O)(=O)Nc2ccn[nH]2)c1. The predicted molar refractivity (Wildman–Crippen MR) is 60.3 cm³/mol. The Morgan fingerprint density at radius 1 is 1.31 bits per heavy atom. The first-order chi connectivity index (χ1) is 7.58. The zero-order valence-corrected chi connectivity index (χ0v) is 9.03. The molecule has 0 radical (unpaired) electrons. The number of hydrogen-bond donors (Lipinski definition) is 3. The van der Waals surface area contributed by atoms with E-state index in [2.05, 4.69) is 14.9 Å². The van der Waals surface area contributed by atoms with Crippen molar-refractivity contribution in [3.8, 4) is 0 Å². The molecule has 2 rings (SSSR count). The van der Waals surface area contributed by atoms with Crippen LogP contribution in [0.25, 0.3) is 0 Å². The second-order valence-electron chi connectivity index (χ2n) is 3.15. The normalized spacial score (nSPS) is 11.2. The number of aromatic nitrogens is 2. The molecule has 0 spiro atoms. The minimum Gasteiger partial charge on any atom is -0.399 e. The Hall–Kier alpha value is -2.02. The van der Waals surface area contributed by atoms with Crippen molar-refractivity contribution in [1.29, 1.82) is 0 Å². The van der Waals surface area contributed by atoms with Crippen molar-refractivity contribution in [3.05, 3.63) is 36.5 Å². The van der Waals surface area contributed by atoms with E-state index in [1.54, 1.807) is 12.1 Å². The highest BCUT2D eigenvalue weighted by Gasteiger charge is 2.14. The Balaban J connectivity index is 2.33. The van der Waals surface area contributed by atoms with E-state index >= 15 is 0 Å². The first-order valence-corrected chi connectivity index (χ1v) is 5.94. The third kappa shape index (κ3) is 2.14. The van der Waals surface area contributed by atoms with Crippen LogP contribution in [0.15, 0.2) is 41.4 Å². The zero-order chi connectivity index (χ0) is 11.6. The molecule has 1 aromatic heterocycles. The predicted octanol–water partition coefficient (Wildman–Crippen LogP) is 0.793. The molecule has 1 aromatic carbocycles. The number of H-pyrrole nitrogens is 1. The zero-order valence-electron chi connectivity index (χ0n) is 8.21. The maximum absolute atomic E-state index is 11.8. The van der Waals surface area contributed by atoms with Gasteiger partial charge in [0.25, 0.3) is 10.0 Å². The number of anilines is 2. The van der Waals surface area contributed by atoms with Crippen LogP contribution in [0.5, 0.6) is 0 Å². The van der Waals surface area contributed by atoms with E-state index in [0.29, 0.717) is 11.5 Å². The van der Waals surface area contributed by atoms with E-state index in [0.717, 1.165) is 0 Å². The molecular formula is C9H10N4O2S. The van der Waals surface area contributed by atoms with E-state index < -0.39 is 10.0 Å². The van der Waals surface area contributed by atoms with Crippen LogP contribution in [0.3, 0.4) is 0 Å². The minimum atomic E-state index is -3.61. The average Bonchev–Trinajstić information content (AvgIpc) is 2.70. The summed E-state index contributed by atoms with van der Waals surface area (Å²) in [7, 11) is -3.61. The van der Waals surface area contributed by atoms with Crippen molar-refractivity contribution in [2.75, 3.05) is 10.5 Å². The molecule has 1 heterocycles. The van der Waals surface area contributed by atoms with Crippen molar-refractivity contribution in [2.24, 2.45) is 0 Å². The maximum Gasteiger partial charge on any atom is 0.263 e.